The summed E-state index contributed by atoms with van der Waals surface area (Å²) in [6.07, 6.45) is 7.50. The molecular weight excluding hydrogens is 392 g/mol. The minimum absolute atomic E-state index is 0.00543. The molecule has 4 N–H and O–H groups in total. The molecule has 3 rings (SSSR count). The monoisotopic (exact) mass is 422 g/mol. The van der Waals surface area contributed by atoms with Crippen molar-refractivity contribution in [2.24, 2.45) is 11.8 Å². The topological polar surface area (TPSA) is 105 Å². The maximum atomic E-state index is 12.3. The number of benzene rings is 2. The third-order valence-electron chi connectivity index (χ3n) is 5.65. The van der Waals surface area contributed by atoms with Gasteiger partial charge in [0.15, 0.2) is 0 Å². The number of carbonyl (C=O) groups is 2. The van der Waals surface area contributed by atoms with Gasteiger partial charge in [-0.05, 0) is 73.1 Å². The molecule has 164 valence electrons. The Hall–Kier alpha value is -3.28. The number of rotatable bonds is 7. The molecule has 31 heavy (non-hydrogen) atoms. The smallest absolute Gasteiger partial charge is 0.330 e. The molecule has 0 heterocycles. The minimum atomic E-state index is -0.434. The number of nitrogens with two attached hydrogens (primary N) is 2. The Labute approximate surface area is 183 Å². The van der Waals surface area contributed by atoms with Crippen LogP contribution in [0.3, 0.4) is 0 Å². The predicted molar refractivity (Wildman–Crippen MR) is 122 cm³/mol. The number of hydrogen-bond donors (Lipinski definition) is 2. The molecule has 6 heteroatoms. The number of anilines is 2. The fourth-order valence-corrected chi connectivity index (χ4v) is 3.66. The van der Waals surface area contributed by atoms with E-state index in [1.807, 2.05) is 6.07 Å². The average Bonchev–Trinajstić information content (AvgIpc) is 2.75. The Morgan fingerprint density at radius 2 is 1.74 bits per heavy atom. The van der Waals surface area contributed by atoms with E-state index >= 15 is 0 Å². The lowest BCUT2D eigenvalue weighted by molar-refractivity contribution is -0.140. The van der Waals surface area contributed by atoms with Crippen LogP contribution in [0.5, 0.6) is 5.75 Å². The van der Waals surface area contributed by atoms with Crippen molar-refractivity contribution < 1.29 is 19.1 Å². The van der Waals surface area contributed by atoms with Crippen molar-refractivity contribution in [2.45, 2.75) is 39.0 Å². The van der Waals surface area contributed by atoms with Gasteiger partial charge in [0, 0.05) is 23.9 Å². The molecule has 0 spiro atoms. The number of hydrogen-bond acceptors (Lipinski definition) is 6. The fraction of sp³-hybridized carbons (Fsp3) is 0.360. The lowest BCUT2D eigenvalue weighted by Gasteiger charge is -2.24. The van der Waals surface area contributed by atoms with Gasteiger partial charge in [0.05, 0.1) is 12.5 Å². The number of nitrogen functional groups attached to an aromatic ring is 2. The van der Waals surface area contributed by atoms with Gasteiger partial charge in [-0.15, -0.1) is 0 Å². The second kappa shape index (κ2) is 10.7. The van der Waals surface area contributed by atoms with E-state index in [1.54, 1.807) is 42.5 Å². The highest BCUT2D eigenvalue weighted by molar-refractivity contribution is 5.87. The van der Waals surface area contributed by atoms with Crippen LogP contribution in [0.15, 0.2) is 48.5 Å². The van der Waals surface area contributed by atoms with Crippen LogP contribution in [0.25, 0.3) is 6.08 Å². The SMILES string of the molecule is CC1CCC(C(=O)Oc2ccc(C=CC(=O)OCCc3ccc(N)cc3N)cc2)CC1. The van der Waals surface area contributed by atoms with Gasteiger partial charge in [-0.2, -0.15) is 0 Å². The number of carbonyl (C=O) groups excluding carboxylic acids is 2. The Bertz CT molecular complexity index is 929. The summed E-state index contributed by atoms with van der Waals surface area (Å²) in [6.45, 7) is 2.45. The van der Waals surface area contributed by atoms with Crippen molar-refractivity contribution in [3.05, 3.63) is 59.7 Å². The lowest BCUT2D eigenvalue weighted by Crippen LogP contribution is -2.24. The Morgan fingerprint density at radius 3 is 2.42 bits per heavy atom. The summed E-state index contributed by atoms with van der Waals surface area (Å²) in [5, 5.41) is 0. The zero-order chi connectivity index (χ0) is 22.2. The van der Waals surface area contributed by atoms with Crippen molar-refractivity contribution in [1.82, 2.24) is 0 Å². The van der Waals surface area contributed by atoms with Gasteiger partial charge in [0.2, 0.25) is 0 Å². The molecule has 1 saturated carbocycles. The first kappa shape index (κ1) is 22.4. The normalized spacial score (nSPS) is 18.6. The van der Waals surface area contributed by atoms with Crippen molar-refractivity contribution in [3.63, 3.8) is 0 Å². The van der Waals surface area contributed by atoms with Crippen LogP contribution in [-0.2, 0) is 20.7 Å². The van der Waals surface area contributed by atoms with Crippen LogP contribution >= 0.6 is 0 Å². The maximum absolute atomic E-state index is 12.3. The fourth-order valence-electron chi connectivity index (χ4n) is 3.66. The quantitative estimate of drug-likeness (QED) is 0.297. The van der Waals surface area contributed by atoms with Crippen molar-refractivity contribution >= 4 is 29.4 Å². The van der Waals surface area contributed by atoms with Gasteiger partial charge in [-0.1, -0.05) is 25.1 Å². The summed E-state index contributed by atoms with van der Waals surface area (Å²) in [7, 11) is 0. The van der Waals surface area contributed by atoms with E-state index in [2.05, 4.69) is 6.92 Å². The molecule has 1 fully saturated rings. The molecule has 0 aromatic heterocycles. The maximum Gasteiger partial charge on any atom is 0.330 e. The third-order valence-corrected chi connectivity index (χ3v) is 5.65. The van der Waals surface area contributed by atoms with Crippen molar-refractivity contribution in [3.8, 4) is 5.75 Å². The first-order chi connectivity index (χ1) is 14.9. The summed E-state index contributed by atoms with van der Waals surface area (Å²) >= 11 is 0. The molecule has 0 radical (unpaired) electrons. The Kier molecular flexibility index (Phi) is 7.70. The Morgan fingerprint density at radius 1 is 1.03 bits per heavy atom. The standard InChI is InChI=1S/C25H30N2O4/c1-17-2-7-20(8-3-17)25(29)31-22-11-4-18(5-12-22)6-13-24(28)30-15-14-19-9-10-21(26)16-23(19)27/h4-6,9-13,16-17,20H,2-3,7-8,14-15,26-27H2,1H3. The average molecular weight is 423 g/mol. The van der Waals surface area contributed by atoms with E-state index in [0.717, 1.165) is 36.8 Å². The van der Waals surface area contributed by atoms with Crippen LogP contribution in [0.4, 0.5) is 11.4 Å². The summed E-state index contributed by atoms with van der Waals surface area (Å²) in [4.78, 5) is 24.2. The zero-order valence-corrected chi connectivity index (χ0v) is 17.9. The summed E-state index contributed by atoms with van der Waals surface area (Å²) in [5.74, 6) is 0.618. The van der Waals surface area contributed by atoms with Crippen LogP contribution in [0.1, 0.15) is 43.7 Å². The van der Waals surface area contributed by atoms with Gasteiger partial charge < -0.3 is 20.9 Å². The molecular formula is C25H30N2O4. The van der Waals surface area contributed by atoms with Crippen molar-refractivity contribution in [1.29, 1.82) is 0 Å². The largest absolute Gasteiger partial charge is 0.462 e. The summed E-state index contributed by atoms with van der Waals surface area (Å²) < 4.78 is 10.7. The highest BCUT2D eigenvalue weighted by atomic mass is 16.5. The molecule has 0 amide bonds. The second-order valence-electron chi connectivity index (χ2n) is 8.16. The van der Waals surface area contributed by atoms with E-state index in [4.69, 9.17) is 20.9 Å². The predicted octanol–water partition coefficient (Wildman–Crippen LogP) is 4.38. The molecule has 0 aliphatic heterocycles. The van der Waals surface area contributed by atoms with Gasteiger partial charge >= 0.3 is 11.9 Å². The minimum Gasteiger partial charge on any atom is -0.462 e. The summed E-state index contributed by atoms with van der Waals surface area (Å²) in [6, 6.07) is 12.3. The lowest BCUT2D eigenvalue weighted by atomic mass is 9.83. The first-order valence-corrected chi connectivity index (χ1v) is 10.7. The Balaban J connectivity index is 1.43. The highest BCUT2D eigenvalue weighted by Crippen LogP contribution is 2.29. The van der Waals surface area contributed by atoms with E-state index in [0.29, 0.717) is 29.5 Å². The van der Waals surface area contributed by atoms with E-state index in [9.17, 15) is 9.59 Å². The van der Waals surface area contributed by atoms with Gasteiger partial charge in [-0.25, -0.2) is 4.79 Å². The van der Waals surface area contributed by atoms with Gasteiger partial charge in [0.25, 0.3) is 0 Å². The molecule has 2 aromatic carbocycles. The molecule has 0 atom stereocenters. The van der Waals surface area contributed by atoms with Gasteiger partial charge in [-0.3, -0.25) is 4.79 Å². The summed E-state index contributed by atoms with van der Waals surface area (Å²) in [5.41, 5.74) is 14.5. The van der Waals surface area contributed by atoms with Crippen LogP contribution in [0.2, 0.25) is 0 Å². The van der Waals surface area contributed by atoms with Crippen LogP contribution < -0.4 is 16.2 Å². The molecule has 2 aromatic rings. The number of ether oxygens (including phenoxy) is 2. The van der Waals surface area contributed by atoms with Crippen LogP contribution in [-0.4, -0.2) is 18.5 Å². The molecule has 1 aliphatic carbocycles. The van der Waals surface area contributed by atoms with Crippen LogP contribution in [0, 0.1) is 11.8 Å². The molecule has 0 unspecified atom stereocenters. The van der Waals surface area contributed by atoms with E-state index in [1.165, 1.54) is 6.08 Å². The van der Waals surface area contributed by atoms with E-state index in [-0.39, 0.29) is 18.5 Å². The molecule has 0 saturated heterocycles. The molecule has 1 aliphatic rings. The number of esters is 2. The highest BCUT2D eigenvalue weighted by Gasteiger charge is 2.25. The molecule has 0 bridgehead atoms. The second-order valence-corrected chi connectivity index (χ2v) is 8.16. The van der Waals surface area contributed by atoms with Crippen molar-refractivity contribution in [2.75, 3.05) is 18.1 Å². The van der Waals surface area contributed by atoms with E-state index < -0.39 is 5.97 Å². The molecule has 6 nitrogen and oxygen atoms in total. The van der Waals surface area contributed by atoms with Gasteiger partial charge in [0.1, 0.15) is 5.75 Å². The zero-order valence-electron chi connectivity index (χ0n) is 17.9. The first-order valence-electron chi connectivity index (χ1n) is 10.7. The third kappa shape index (κ3) is 6.88.